The summed E-state index contributed by atoms with van der Waals surface area (Å²) < 4.78 is 0. The molecule has 4 nitrogen and oxygen atoms in total. The maximum Gasteiger partial charge on any atom is 0.223 e. The van der Waals surface area contributed by atoms with E-state index in [1.165, 1.54) is 11.1 Å². The lowest BCUT2D eigenvalue weighted by Gasteiger charge is -2.35. The van der Waals surface area contributed by atoms with E-state index in [9.17, 15) is 4.79 Å². The maximum absolute atomic E-state index is 11.9. The molecule has 2 rings (SSSR count). The lowest BCUT2D eigenvalue weighted by atomic mass is 10.1. The van der Waals surface area contributed by atoms with Gasteiger partial charge in [0.1, 0.15) is 0 Å². The Morgan fingerprint density at radius 2 is 1.77 bits per heavy atom. The minimum atomic E-state index is 0. The van der Waals surface area contributed by atoms with Crippen LogP contribution in [0.25, 0.3) is 0 Å². The Kier molecular flexibility index (Phi) is 10.4. The number of piperazine rings is 1. The van der Waals surface area contributed by atoms with Crippen molar-refractivity contribution in [3.05, 3.63) is 35.4 Å². The summed E-state index contributed by atoms with van der Waals surface area (Å²) >= 11 is 0. The van der Waals surface area contributed by atoms with Crippen LogP contribution in [-0.4, -0.2) is 55.5 Å². The summed E-state index contributed by atoms with van der Waals surface area (Å²) in [4.78, 5) is 16.4. The third-order valence-corrected chi connectivity index (χ3v) is 3.97. The van der Waals surface area contributed by atoms with Crippen LogP contribution in [0.3, 0.4) is 0 Å². The van der Waals surface area contributed by atoms with Gasteiger partial charge >= 0.3 is 0 Å². The van der Waals surface area contributed by atoms with Crippen LogP contribution >= 0.6 is 24.8 Å². The summed E-state index contributed by atoms with van der Waals surface area (Å²) in [6.07, 6.45) is 0.605. The highest BCUT2D eigenvalue weighted by Gasteiger charge is 2.20. The van der Waals surface area contributed by atoms with Gasteiger partial charge in [-0.3, -0.25) is 9.69 Å². The summed E-state index contributed by atoms with van der Waals surface area (Å²) in [6.45, 7) is 7.57. The number of halogens is 2. The SMILES string of the molecule is CNCCC(=O)N1CCN(Cc2ccccc2C)CC1.Cl.Cl. The van der Waals surface area contributed by atoms with E-state index in [1.54, 1.807) is 0 Å². The maximum atomic E-state index is 11.9. The van der Waals surface area contributed by atoms with Crippen LogP contribution < -0.4 is 5.32 Å². The van der Waals surface area contributed by atoms with Crippen LogP contribution in [0.5, 0.6) is 0 Å². The van der Waals surface area contributed by atoms with Crippen molar-refractivity contribution in [2.75, 3.05) is 39.8 Å². The zero-order valence-corrected chi connectivity index (χ0v) is 15.0. The van der Waals surface area contributed by atoms with Gasteiger partial charge in [0.25, 0.3) is 0 Å². The largest absolute Gasteiger partial charge is 0.340 e. The predicted octanol–water partition coefficient (Wildman–Crippen LogP) is 2.09. The van der Waals surface area contributed by atoms with Crippen LogP contribution in [0.15, 0.2) is 24.3 Å². The van der Waals surface area contributed by atoms with Gasteiger partial charge in [0, 0.05) is 45.7 Å². The number of nitrogens with one attached hydrogen (secondary N) is 1. The Morgan fingerprint density at radius 1 is 1.14 bits per heavy atom. The molecule has 1 saturated heterocycles. The minimum Gasteiger partial charge on any atom is -0.340 e. The van der Waals surface area contributed by atoms with Crippen LogP contribution in [-0.2, 0) is 11.3 Å². The number of hydrogen-bond acceptors (Lipinski definition) is 3. The third-order valence-electron chi connectivity index (χ3n) is 3.97. The highest BCUT2D eigenvalue weighted by molar-refractivity contribution is 5.85. The van der Waals surface area contributed by atoms with Crippen LogP contribution in [0.4, 0.5) is 0 Å². The molecule has 0 aromatic heterocycles. The number of benzene rings is 1. The Bertz CT molecular complexity index is 449. The van der Waals surface area contributed by atoms with Crippen molar-refractivity contribution in [3.63, 3.8) is 0 Å². The first-order valence-electron chi connectivity index (χ1n) is 7.40. The summed E-state index contributed by atoms with van der Waals surface area (Å²) in [5, 5.41) is 3.03. The molecule has 6 heteroatoms. The van der Waals surface area contributed by atoms with Gasteiger partial charge in [0.2, 0.25) is 5.91 Å². The van der Waals surface area contributed by atoms with Crippen molar-refractivity contribution in [1.82, 2.24) is 15.1 Å². The molecule has 22 heavy (non-hydrogen) atoms. The number of amides is 1. The van der Waals surface area contributed by atoms with Crippen molar-refractivity contribution < 1.29 is 4.79 Å². The fourth-order valence-electron chi connectivity index (χ4n) is 2.57. The van der Waals surface area contributed by atoms with E-state index >= 15 is 0 Å². The molecule has 126 valence electrons. The lowest BCUT2D eigenvalue weighted by Crippen LogP contribution is -2.48. The fourth-order valence-corrected chi connectivity index (χ4v) is 2.57. The standard InChI is InChI=1S/C16H25N3O.2ClH/c1-14-5-3-4-6-15(14)13-18-9-11-19(12-10-18)16(20)7-8-17-2;;/h3-6,17H,7-13H2,1-2H3;2*1H. The zero-order valence-electron chi connectivity index (χ0n) is 13.4. The number of rotatable bonds is 5. The second kappa shape index (κ2) is 10.8. The molecule has 1 aromatic rings. The Hall–Kier alpha value is -0.810. The number of hydrogen-bond donors (Lipinski definition) is 1. The van der Waals surface area contributed by atoms with Crippen molar-refractivity contribution in [1.29, 1.82) is 0 Å². The van der Waals surface area contributed by atoms with E-state index in [1.807, 2.05) is 11.9 Å². The van der Waals surface area contributed by atoms with Crippen molar-refractivity contribution >= 4 is 30.7 Å². The monoisotopic (exact) mass is 347 g/mol. The zero-order chi connectivity index (χ0) is 14.4. The predicted molar refractivity (Wildman–Crippen MR) is 96.1 cm³/mol. The Balaban J connectivity index is 0.00000220. The molecule has 0 spiro atoms. The molecule has 1 N–H and O–H groups in total. The summed E-state index contributed by atoms with van der Waals surface area (Å²) in [5.74, 6) is 0.273. The molecule has 0 atom stereocenters. The van der Waals surface area contributed by atoms with Gasteiger partial charge in [-0.1, -0.05) is 24.3 Å². The molecule has 0 unspecified atom stereocenters. The van der Waals surface area contributed by atoms with Crippen molar-refractivity contribution in [2.24, 2.45) is 0 Å². The summed E-state index contributed by atoms with van der Waals surface area (Å²) in [6, 6.07) is 8.53. The molecule has 1 aliphatic heterocycles. The van der Waals surface area contributed by atoms with Gasteiger partial charge in [0.15, 0.2) is 0 Å². The molecule has 1 aromatic carbocycles. The van der Waals surface area contributed by atoms with Gasteiger partial charge in [-0.25, -0.2) is 0 Å². The van der Waals surface area contributed by atoms with Crippen LogP contribution in [0, 0.1) is 6.92 Å². The van der Waals surface area contributed by atoms with Crippen molar-refractivity contribution in [2.45, 2.75) is 19.9 Å². The van der Waals surface area contributed by atoms with E-state index in [4.69, 9.17) is 0 Å². The number of carbonyl (C=O) groups is 1. The summed E-state index contributed by atoms with van der Waals surface area (Å²) in [7, 11) is 1.88. The molecular formula is C16H27Cl2N3O. The Morgan fingerprint density at radius 3 is 2.36 bits per heavy atom. The first-order valence-corrected chi connectivity index (χ1v) is 7.40. The molecule has 1 aliphatic rings. The molecular weight excluding hydrogens is 321 g/mol. The molecule has 1 heterocycles. The molecule has 0 aliphatic carbocycles. The quantitative estimate of drug-likeness (QED) is 0.885. The first-order chi connectivity index (χ1) is 9.70. The second-order valence-corrected chi connectivity index (χ2v) is 5.44. The molecule has 1 amide bonds. The van der Waals surface area contributed by atoms with Gasteiger partial charge in [-0.15, -0.1) is 24.8 Å². The van der Waals surface area contributed by atoms with Crippen LogP contribution in [0.2, 0.25) is 0 Å². The number of carbonyl (C=O) groups excluding carboxylic acids is 1. The highest BCUT2D eigenvalue weighted by Crippen LogP contribution is 2.12. The minimum absolute atomic E-state index is 0. The van der Waals surface area contributed by atoms with E-state index < -0.39 is 0 Å². The smallest absolute Gasteiger partial charge is 0.223 e. The van der Waals surface area contributed by atoms with Gasteiger partial charge in [0.05, 0.1) is 0 Å². The number of aryl methyl sites for hydroxylation is 1. The normalized spacial score (nSPS) is 14.9. The van der Waals surface area contributed by atoms with E-state index in [0.29, 0.717) is 6.42 Å². The third kappa shape index (κ3) is 6.13. The average Bonchev–Trinajstić information content (AvgIpc) is 2.48. The first kappa shape index (κ1) is 21.2. The topological polar surface area (TPSA) is 35.6 Å². The Labute approximate surface area is 146 Å². The number of nitrogens with zero attached hydrogens (tertiary/aromatic N) is 2. The molecule has 1 fully saturated rings. The van der Waals surface area contributed by atoms with Crippen molar-refractivity contribution in [3.8, 4) is 0 Å². The molecule has 0 bridgehead atoms. The van der Waals surface area contributed by atoms with Crippen LogP contribution in [0.1, 0.15) is 17.5 Å². The fraction of sp³-hybridized carbons (Fsp3) is 0.562. The lowest BCUT2D eigenvalue weighted by molar-refractivity contribution is -0.132. The second-order valence-electron chi connectivity index (χ2n) is 5.44. The van der Waals surface area contributed by atoms with Gasteiger partial charge in [-0.2, -0.15) is 0 Å². The molecule has 0 saturated carbocycles. The van der Waals surface area contributed by atoms with E-state index in [-0.39, 0.29) is 30.7 Å². The average molecular weight is 348 g/mol. The van der Waals surface area contributed by atoms with E-state index in [0.717, 1.165) is 39.3 Å². The highest BCUT2D eigenvalue weighted by atomic mass is 35.5. The molecule has 0 radical (unpaired) electrons. The van der Waals surface area contributed by atoms with Gasteiger partial charge in [-0.05, 0) is 25.1 Å². The van der Waals surface area contributed by atoms with E-state index in [2.05, 4.69) is 41.4 Å². The summed E-state index contributed by atoms with van der Waals surface area (Å²) in [5.41, 5.74) is 2.74. The van der Waals surface area contributed by atoms with Gasteiger partial charge < -0.3 is 10.2 Å².